The van der Waals surface area contributed by atoms with Crippen molar-refractivity contribution in [1.82, 2.24) is 8.96 Å². The van der Waals surface area contributed by atoms with E-state index in [9.17, 15) is 0 Å². The highest BCUT2D eigenvalue weighted by atomic mass is 32.1. The van der Waals surface area contributed by atoms with Gasteiger partial charge in [-0.05, 0) is 154 Å². The lowest BCUT2D eigenvalue weighted by Gasteiger charge is -2.41. The molecule has 0 saturated carbocycles. The first-order valence-electron chi connectivity index (χ1n) is 33.4. The Kier molecular flexibility index (Phi) is 9.62. The van der Waals surface area contributed by atoms with Crippen LogP contribution < -0.4 is 31.7 Å². The molecule has 96 heavy (non-hydrogen) atoms. The van der Waals surface area contributed by atoms with E-state index in [-0.39, 0.29) is 13.7 Å². The van der Waals surface area contributed by atoms with E-state index >= 15 is 0 Å². The first kappa shape index (κ1) is 50.8. The summed E-state index contributed by atoms with van der Waals surface area (Å²) in [6.07, 6.45) is 0. The smallest absolute Gasteiger partial charge is 0.333 e. The third-order valence-electron chi connectivity index (χ3n) is 22.3. The predicted octanol–water partition coefficient (Wildman–Crippen LogP) is 21.8. The summed E-state index contributed by atoms with van der Waals surface area (Å²) in [4.78, 5) is 5.21. The minimum absolute atomic E-state index is 0.104. The molecule has 4 aromatic heterocycles. The zero-order valence-electron chi connectivity index (χ0n) is 51.5. The maximum Gasteiger partial charge on any atom is 0.333 e. The fraction of sp³-hybridized carbons (Fsp3) is 0. The molecule has 0 unspecified atom stereocenters. The van der Waals surface area contributed by atoms with E-state index in [1.165, 1.54) is 205 Å². The summed E-state index contributed by atoms with van der Waals surface area (Å²) < 4.78 is 10.7. The van der Waals surface area contributed by atoms with E-state index in [4.69, 9.17) is 0 Å². The van der Waals surface area contributed by atoms with Crippen molar-refractivity contribution in [2.45, 2.75) is 0 Å². The van der Waals surface area contributed by atoms with Crippen molar-refractivity contribution < 1.29 is 0 Å². The lowest BCUT2D eigenvalue weighted by Crippen LogP contribution is -2.57. The minimum atomic E-state index is -0.123. The van der Waals surface area contributed by atoms with Crippen molar-refractivity contribution in [3.05, 3.63) is 291 Å². The molecule has 20 aromatic rings. The van der Waals surface area contributed by atoms with Crippen LogP contribution in [0.5, 0.6) is 0 Å². The Bertz CT molecular complexity index is 7030. The quantitative estimate of drug-likeness (QED) is 0.164. The maximum absolute atomic E-state index is 2.76. The number of hydrogen-bond acceptors (Lipinski definition) is 4. The van der Waals surface area contributed by atoms with Crippen molar-refractivity contribution in [1.29, 1.82) is 0 Å². The van der Waals surface area contributed by atoms with Crippen LogP contribution in [0.3, 0.4) is 0 Å². The van der Waals surface area contributed by atoms with Gasteiger partial charge in [-0.1, -0.05) is 218 Å². The SMILES string of the molecule is c1ccc2cc(N3c4cc5c(sc6ccccc65)c5c4B(c4c3ccc3ccccc43)n3c4ccc(-c6cccc7c6sc6cc8c9c(c67)-c6cccc7c%10ccccc%10n(c67)B9c6c(ccc7ccccc67)N8c6ccc7ccccc7c6)cc4c4cccc-5c43)ccc2c1. The molecule has 4 aliphatic heterocycles. The molecule has 0 aliphatic carbocycles. The summed E-state index contributed by atoms with van der Waals surface area (Å²) >= 11 is 3.91. The van der Waals surface area contributed by atoms with Crippen molar-refractivity contribution in [3.8, 4) is 33.4 Å². The molecule has 24 rings (SSSR count). The van der Waals surface area contributed by atoms with Crippen LogP contribution in [0, 0.1) is 0 Å². The summed E-state index contributed by atoms with van der Waals surface area (Å²) in [6, 6.07) is 111. The Labute approximate surface area is 558 Å². The number of hydrogen-bond donors (Lipinski definition) is 0. The molecule has 16 aromatic carbocycles. The van der Waals surface area contributed by atoms with Gasteiger partial charge in [-0.25, -0.2) is 0 Å². The molecule has 0 bridgehead atoms. The fourth-order valence-corrected chi connectivity index (χ4v) is 21.1. The van der Waals surface area contributed by atoms with E-state index in [2.05, 4.69) is 310 Å². The van der Waals surface area contributed by atoms with Crippen LogP contribution in [0.4, 0.5) is 34.1 Å². The van der Waals surface area contributed by atoms with Gasteiger partial charge in [0.25, 0.3) is 0 Å². The van der Waals surface area contributed by atoms with Crippen LogP contribution in [0.25, 0.3) is 160 Å². The highest BCUT2D eigenvalue weighted by molar-refractivity contribution is 7.27. The minimum Gasteiger partial charge on any atom is -0.375 e. The Balaban J connectivity index is 0.778. The molecule has 438 valence electrons. The van der Waals surface area contributed by atoms with Gasteiger partial charge < -0.3 is 18.8 Å². The van der Waals surface area contributed by atoms with Crippen molar-refractivity contribution in [2.24, 2.45) is 0 Å². The van der Waals surface area contributed by atoms with E-state index in [1.54, 1.807) is 0 Å². The average molecular weight is 1250 g/mol. The van der Waals surface area contributed by atoms with Crippen LogP contribution in [0.1, 0.15) is 0 Å². The molecule has 0 amide bonds. The Hall–Kier alpha value is -11.7. The zero-order valence-corrected chi connectivity index (χ0v) is 53.1. The van der Waals surface area contributed by atoms with E-state index in [0.29, 0.717) is 0 Å². The number of thiophene rings is 2. The van der Waals surface area contributed by atoms with Crippen LogP contribution >= 0.6 is 22.7 Å². The fourth-order valence-electron chi connectivity index (χ4n) is 18.6. The van der Waals surface area contributed by atoms with Gasteiger partial charge in [-0.2, -0.15) is 0 Å². The summed E-state index contributed by atoms with van der Waals surface area (Å²) in [7, 11) is 0. The Morgan fingerprint density at radius 3 is 1.42 bits per heavy atom. The summed E-state index contributed by atoms with van der Waals surface area (Å²) in [5.74, 6) is 0. The number of aromatic nitrogens is 2. The van der Waals surface area contributed by atoms with Gasteiger partial charge in [0.2, 0.25) is 0 Å². The number of nitrogens with zero attached hydrogens (tertiary/aromatic N) is 4. The largest absolute Gasteiger partial charge is 0.375 e. The monoisotopic (exact) mass is 1250 g/mol. The van der Waals surface area contributed by atoms with E-state index in [0.717, 1.165) is 11.4 Å². The van der Waals surface area contributed by atoms with Gasteiger partial charge in [-0.3, -0.25) is 0 Å². The first-order chi connectivity index (χ1) is 47.6. The molecule has 0 saturated heterocycles. The third-order valence-corrected chi connectivity index (χ3v) is 24.7. The van der Waals surface area contributed by atoms with Crippen molar-refractivity contribution in [2.75, 3.05) is 9.80 Å². The van der Waals surface area contributed by atoms with Gasteiger partial charge in [0, 0.05) is 135 Å². The molecule has 0 N–H and O–H groups in total. The van der Waals surface area contributed by atoms with Crippen LogP contribution in [0.15, 0.2) is 291 Å². The maximum atomic E-state index is 2.76. The second-order valence-electron chi connectivity index (χ2n) is 26.9. The molecular formula is C88H48B2N4S2. The number of benzene rings is 16. The number of fused-ring (bicyclic) bond motifs is 28. The van der Waals surface area contributed by atoms with E-state index in [1.807, 2.05) is 22.7 Å². The third kappa shape index (κ3) is 6.33. The van der Waals surface area contributed by atoms with Crippen LogP contribution in [-0.2, 0) is 0 Å². The summed E-state index contributed by atoms with van der Waals surface area (Å²) in [6.45, 7) is -0.226. The van der Waals surface area contributed by atoms with Crippen LogP contribution in [-0.4, -0.2) is 22.7 Å². The normalized spacial score (nSPS) is 13.5. The molecule has 0 fully saturated rings. The van der Waals surface area contributed by atoms with Gasteiger partial charge >= 0.3 is 13.7 Å². The van der Waals surface area contributed by atoms with Gasteiger partial charge in [0.15, 0.2) is 0 Å². The molecule has 4 aliphatic rings. The molecule has 4 nitrogen and oxygen atoms in total. The molecule has 8 heterocycles. The standard InChI is InChI=1S/C88H48B2N4S2/c1-3-20-53-44-56(39-34-49(53)16-1)91-72-42-36-52-19-6-8-23-59(52)82(72)90-84-74(91)47-69-62-25-10-12-33-76(62)95-88(69)80(84)66-30-15-28-64-68-46-55(38-41-71(68)94(90)86(64)66)60-26-13-31-67-78-77(96-87(60)67)48-75-83-79(78)65-29-14-27-63-61-24-9-11-32-70(61)93(85(63)65)89(83)81-58-22-7-5-18-51(58)37-43-73(81)92(75)57-40-35-50-17-2-4-21-54(50)45-57/h1-48H. The molecular weight excluding hydrogens is 1200 g/mol. The number of rotatable bonds is 3. The van der Waals surface area contributed by atoms with Gasteiger partial charge in [-0.15, -0.1) is 22.7 Å². The number of anilines is 6. The molecule has 8 heteroatoms. The van der Waals surface area contributed by atoms with Gasteiger partial charge in [0.05, 0.1) is 0 Å². The van der Waals surface area contributed by atoms with E-state index < -0.39 is 0 Å². The summed E-state index contributed by atoms with van der Waals surface area (Å²) in [5.41, 5.74) is 25.5. The molecule has 0 spiro atoms. The lowest BCUT2D eigenvalue weighted by atomic mass is 9.44. The van der Waals surface area contributed by atoms with Crippen molar-refractivity contribution in [3.63, 3.8) is 0 Å². The first-order valence-corrected chi connectivity index (χ1v) is 35.0. The van der Waals surface area contributed by atoms with Crippen LogP contribution in [0.2, 0.25) is 0 Å². The second-order valence-corrected chi connectivity index (χ2v) is 29.0. The van der Waals surface area contributed by atoms with Gasteiger partial charge in [0.1, 0.15) is 0 Å². The highest BCUT2D eigenvalue weighted by Gasteiger charge is 2.47. The Morgan fingerprint density at radius 1 is 0.260 bits per heavy atom. The summed E-state index contributed by atoms with van der Waals surface area (Å²) in [5, 5.41) is 20.4. The predicted molar refractivity (Wildman–Crippen MR) is 415 cm³/mol. The highest BCUT2D eigenvalue weighted by Crippen LogP contribution is 2.55. The molecule has 0 atom stereocenters. The van der Waals surface area contributed by atoms with Crippen molar-refractivity contribution >= 4 is 219 Å². The average Bonchev–Trinajstić information content (AvgIpc) is 1.42. The second kappa shape index (κ2) is 18.2. The number of para-hydroxylation sites is 3. The Morgan fingerprint density at radius 2 is 0.750 bits per heavy atom. The lowest BCUT2D eigenvalue weighted by molar-refractivity contribution is 1.27. The zero-order chi connectivity index (χ0) is 61.9. The topological polar surface area (TPSA) is 16.3 Å². The molecule has 0 radical (unpaired) electrons.